The molecule has 7 heteroatoms. The Hall–Kier alpha value is -0.330. The molecule has 2 aliphatic rings. The lowest BCUT2D eigenvalue weighted by atomic mass is 10.1. The SMILES string of the molecule is CC(CS(C)(=O)=O)N(C(=O)C1CCC(N)C1)C1CC1.Cl. The number of nitrogens with two attached hydrogens (primary N) is 1. The van der Waals surface area contributed by atoms with Gasteiger partial charge in [-0.2, -0.15) is 0 Å². The third-order valence-electron chi connectivity index (χ3n) is 4.04. The fourth-order valence-corrected chi connectivity index (χ4v) is 4.12. The second-order valence-electron chi connectivity index (χ2n) is 6.19. The average Bonchev–Trinajstić information content (AvgIpc) is 2.97. The normalized spacial score (nSPS) is 27.8. The lowest BCUT2D eigenvalue weighted by Crippen LogP contribution is -2.46. The number of halogens is 1. The van der Waals surface area contributed by atoms with Crippen molar-refractivity contribution in [2.24, 2.45) is 11.7 Å². The van der Waals surface area contributed by atoms with E-state index >= 15 is 0 Å². The molecule has 118 valence electrons. The van der Waals surface area contributed by atoms with Crippen LogP contribution < -0.4 is 5.73 Å². The molecule has 0 bridgehead atoms. The highest BCUT2D eigenvalue weighted by molar-refractivity contribution is 7.90. The maximum atomic E-state index is 12.6. The Morgan fingerprint density at radius 1 is 1.30 bits per heavy atom. The first-order chi connectivity index (χ1) is 8.78. The molecule has 0 radical (unpaired) electrons. The van der Waals surface area contributed by atoms with E-state index in [2.05, 4.69) is 0 Å². The predicted molar refractivity (Wildman–Crippen MR) is 81.6 cm³/mol. The Kier molecular flexibility index (Phi) is 5.87. The molecule has 2 fully saturated rings. The van der Waals surface area contributed by atoms with Crippen molar-refractivity contribution < 1.29 is 13.2 Å². The fraction of sp³-hybridized carbons (Fsp3) is 0.923. The zero-order valence-corrected chi connectivity index (χ0v) is 13.8. The number of hydrogen-bond donors (Lipinski definition) is 1. The minimum atomic E-state index is -3.06. The summed E-state index contributed by atoms with van der Waals surface area (Å²) < 4.78 is 22.9. The van der Waals surface area contributed by atoms with Crippen LogP contribution in [0.5, 0.6) is 0 Å². The van der Waals surface area contributed by atoms with Crippen LogP contribution in [0.15, 0.2) is 0 Å². The van der Waals surface area contributed by atoms with Gasteiger partial charge in [0.15, 0.2) is 0 Å². The third-order valence-corrected chi connectivity index (χ3v) is 5.12. The monoisotopic (exact) mass is 324 g/mol. The van der Waals surface area contributed by atoms with Gasteiger partial charge >= 0.3 is 0 Å². The van der Waals surface area contributed by atoms with Gasteiger partial charge in [-0.1, -0.05) is 0 Å². The van der Waals surface area contributed by atoms with Crippen molar-refractivity contribution in [2.75, 3.05) is 12.0 Å². The first-order valence-electron chi connectivity index (χ1n) is 7.03. The summed E-state index contributed by atoms with van der Waals surface area (Å²) in [7, 11) is -3.06. The first-order valence-corrected chi connectivity index (χ1v) is 9.09. The molecule has 3 unspecified atom stereocenters. The predicted octanol–water partition coefficient (Wildman–Crippen LogP) is 0.960. The third kappa shape index (κ3) is 4.60. The quantitative estimate of drug-likeness (QED) is 0.816. The molecule has 2 saturated carbocycles. The van der Waals surface area contributed by atoms with Gasteiger partial charge in [0, 0.05) is 30.3 Å². The van der Waals surface area contributed by atoms with Crippen LogP contribution in [0.2, 0.25) is 0 Å². The Balaban J connectivity index is 0.00000200. The van der Waals surface area contributed by atoms with Gasteiger partial charge in [-0.25, -0.2) is 8.42 Å². The summed E-state index contributed by atoms with van der Waals surface area (Å²) in [6.07, 6.45) is 5.71. The summed E-state index contributed by atoms with van der Waals surface area (Å²) in [6.45, 7) is 1.84. The van der Waals surface area contributed by atoms with Gasteiger partial charge in [-0.15, -0.1) is 12.4 Å². The zero-order chi connectivity index (χ0) is 14.2. The van der Waals surface area contributed by atoms with E-state index in [4.69, 9.17) is 5.73 Å². The van der Waals surface area contributed by atoms with Gasteiger partial charge in [-0.3, -0.25) is 4.79 Å². The number of amides is 1. The summed E-state index contributed by atoms with van der Waals surface area (Å²) >= 11 is 0. The highest BCUT2D eigenvalue weighted by Gasteiger charge is 2.40. The van der Waals surface area contributed by atoms with Gasteiger partial charge in [0.2, 0.25) is 5.91 Å². The topological polar surface area (TPSA) is 80.5 Å². The van der Waals surface area contributed by atoms with Crippen molar-refractivity contribution >= 4 is 28.2 Å². The molecule has 1 amide bonds. The molecule has 2 rings (SSSR count). The molecule has 2 N–H and O–H groups in total. The molecular formula is C13H25ClN2O3S. The molecule has 0 aromatic rings. The number of rotatable bonds is 5. The summed E-state index contributed by atoms with van der Waals surface area (Å²) in [5.74, 6) is 0.165. The molecule has 0 aromatic heterocycles. The van der Waals surface area contributed by atoms with Crippen molar-refractivity contribution in [1.29, 1.82) is 0 Å². The smallest absolute Gasteiger partial charge is 0.226 e. The number of carbonyl (C=O) groups is 1. The van der Waals surface area contributed by atoms with E-state index in [-0.39, 0.29) is 48.1 Å². The molecule has 20 heavy (non-hydrogen) atoms. The van der Waals surface area contributed by atoms with Gasteiger partial charge in [0.05, 0.1) is 5.75 Å². The van der Waals surface area contributed by atoms with E-state index in [0.29, 0.717) is 0 Å². The van der Waals surface area contributed by atoms with Crippen LogP contribution in [0.4, 0.5) is 0 Å². The molecule has 2 aliphatic carbocycles. The van der Waals surface area contributed by atoms with Gasteiger partial charge in [0.25, 0.3) is 0 Å². The second kappa shape index (κ2) is 6.62. The lowest BCUT2D eigenvalue weighted by Gasteiger charge is -2.31. The van der Waals surface area contributed by atoms with Gasteiger partial charge in [0.1, 0.15) is 9.84 Å². The number of sulfone groups is 1. The number of carbonyl (C=O) groups excluding carboxylic acids is 1. The highest BCUT2D eigenvalue weighted by Crippen LogP contribution is 2.34. The van der Waals surface area contributed by atoms with Crippen LogP contribution in [0.1, 0.15) is 39.0 Å². The van der Waals surface area contributed by atoms with E-state index in [1.54, 1.807) is 0 Å². The summed E-state index contributed by atoms with van der Waals surface area (Å²) in [6, 6.07) is 0.146. The Labute approximate surface area is 127 Å². The molecule has 0 aliphatic heterocycles. The van der Waals surface area contributed by atoms with E-state index in [9.17, 15) is 13.2 Å². The van der Waals surface area contributed by atoms with Crippen LogP contribution >= 0.6 is 12.4 Å². The average molecular weight is 325 g/mol. The van der Waals surface area contributed by atoms with E-state index < -0.39 is 9.84 Å². The molecule has 3 atom stereocenters. The van der Waals surface area contributed by atoms with E-state index in [0.717, 1.165) is 32.1 Å². The summed E-state index contributed by atoms with van der Waals surface area (Å²) in [5.41, 5.74) is 5.87. The Morgan fingerprint density at radius 2 is 1.90 bits per heavy atom. The zero-order valence-electron chi connectivity index (χ0n) is 12.1. The number of hydrogen-bond acceptors (Lipinski definition) is 4. The molecule has 0 spiro atoms. The van der Waals surface area contributed by atoms with Crippen molar-refractivity contribution in [3.05, 3.63) is 0 Å². The Bertz CT molecular complexity index is 451. The Morgan fingerprint density at radius 3 is 2.30 bits per heavy atom. The lowest BCUT2D eigenvalue weighted by molar-refractivity contribution is -0.137. The first kappa shape index (κ1) is 17.7. The minimum Gasteiger partial charge on any atom is -0.336 e. The largest absolute Gasteiger partial charge is 0.336 e. The molecular weight excluding hydrogens is 300 g/mol. The maximum Gasteiger partial charge on any atom is 0.226 e. The van der Waals surface area contributed by atoms with Gasteiger partial charge in [-0.05, 0) is 39.0 Å². The molecule has 0 saturated heterocycles. The highest BCUT2D eigenvalue weighted by atomic mass is 35.5. The van der Waals surface area contributed by atoms with E-state index in [1.807, 2.05) is 11.8 Å². The van der Waals surface area contributed by atoms with Crippen molar-refractivity contribution in [2.45, 2.75) is 57.2 Å². The van der Waals surface area contributed by atoms with Crippen molar-refractivity contribution in [3.63, 3.8) is 0 Å². The van der Waals surface area contributed by atoms with Gasteiger partial charge < -0.3 is 10.6 Å². The minimum absolute atomic E-state index is 0. The molecule has 5 nitrogen and oxygen atoms in total. The second-order valence-corrected chi connectivity index (χ2v) is 8.37. The van der Waals surface area contributed by atoms with Crippen LogP contribution in [-0.4, -0.2) is 49.4 Å². The van der Waals surface area contributed by atoms with Crippen LogP contribution in [0.3, 0.4) is 0 Å². The van der Waals surface area contributed by atoms with Crippen LogP contribution in [0.25, 0.3) is 0 Å². The van der Waals surface area contributed by atoms with Crippen molar-refractivity contribution in [1.82, 2.24) is 4.90 Å². The number of nitrogens with zero attached hydrogens (tertiary/aromatic N) is 1. The van der Waals surface area contributed by atoms with E-state index in [1.165, 1.54) is 6.26 Å². The standard InChI is InChI=1S/C13H24N2O3S.ClH/c1-9(8-19(2,17)18)15(12-5-6-12)13(16)10-3-4-11(14)7-10;/h9-12H,3-8,14H2,1-2H3;1H. The molecule has 0 heterocycles. The van der Waals surface area contributed by atoms with Crippen LogP contribution in [-0.2, 0) is 14.6 Å². The molecule has 0 aromatic carbocycles. The maximum absolute atomic E-state index is 12.6. The summed E-state index contributed by atoms with van der Waals surface area (Å²) in [4.78, 5) is 14.4. The summed E-state index contributed by atoms with van der Waals surface area (Å²) in [5, 5.41) is 0. The van der Waals surface area contributed by atoms with Crippen LogP contribution in [0, 0.1) is 5.92 Å². The fourth-order valence-electron chi connectivity index (χ4n) is 3.08. The van der Waals surface area contributed by atoms with Crippen molar-refractivity contribution in [3.8, 4) is 0 Å².